The molecule has 0 heterocycles. The third-order valence-electron chi connectivity index (χ3n) is 5.43. The van der Waals surface area contributed by atoms with Crippen LogP contribution in [0.5, 0.6) is 0 Å². The Kier molecular flexibility index (Phi) is 7.88. The van der Waals surface area contributed by atoms with Gasteiger partial charge in [-0.15, -0.1) is 0 Å². The minimum Gasteiger partial charge on any atom is -0.338 e. The third-order valence-corrected chi connectivity index (χ3v) is 7.25. The number of hydrogen-bond donors (Lipinski definition) is 0. The molecule has 0 unspecified atom stereocenters. The number of aldehydes is 1. The molecule has 9 heteroatoms. The number of hydrogen-bond acceptors (Lipinski definition) is 4. The van der Waals surface area contributed by atoms with Crippen LogP contribution in [0, 0.1) is 17.3 Å². The van der Waals surface area contributed by atoms with Gasteiger partial charge in [0.25, 0.3) is 5.91 Å². The Balaban J connectivity index is 2.14. The van der Waals surface area contributed by atoms with Crippen molar-refractivity contribution in [3.05, 3.63) is 31.2 Å². The molecule has 1 amide bonds. The van der Waals surface area contributed by atoms with Crippen molar-refractivity contribution in [3.63, 3.8) is 0 Å². The van der Waals surface area contributed by atoms with Gasteiger partial charge in [-0.05, 0) is 37.0 Å². The van der Waals surface area contributed by atoms with Crippen LogP contribution in [-0.4, -0.2) is 30.3 Å². The summed E-state index contributed by atoms with van der Waals surface area (Å²) in [7, 11) is 1.27. The first-order chi connectivity index (χ1) is 13.4. The summed E-state index contributed by atoms with van der Waals surface area (Å²) in [6.07, 6.45) is 3.59. The quantitative estimate of drug-likeness (QED) is 0.213. The Bertz CT molecular complexity index is 827. The molecular formula is C20H23Cl4NO4. The van der Waals surface area contributed by atoms with Crippen molar-refractivity contribution in [3.8, 4) is 0 Å². The van der Waals surface area contributed by atoms with Crippen LogP contribution in [0.4, 0.5) is 0 Å². The number of amides is 1. The summed E-state index contributed by atoms with van der Waals surface area (Å²) in [5.74, 6) is -1.07. The molecule has 1 saturated carbocycles. The zero-order chi connectivity index (χ0) is 22.1. The number of rotatable bonds is 3. The predicted octanol–water partition coefficient (Wildman–Crippen LogP) is 6.50. The van der Waals surface area contributed by atoms with Crippen LogP contribution >= 0.6 is 46.4 Å². The fourth-order valence-electron chi connectivity index (χ4n) is 3.57. The SMILES string of the molecule is CN(OC(=O)C1CCC(C(C)(C)C)CC1)C(=O)c1c(Cl)c(Cl)c(Cl)c(Cl)c1C=O. The van der Waals surface area contributed by atoms with Crippen molar-refractivity contribution in [2.75, 3.05) is 7.05 Å². The third kappa shape index (κ3) is 5.19. The fraction of sp³-hybridized carbons (Fsp3) is 0.550. The van der Waals surface area contributed by atoms with Crippen molar-refractivity contribution < 1.29 is 19.2 Å². The monoisotopic (exact) mass is 481 g/mol. The highest BCUT2D eigenvalue weighted by molar-refractivity contribution is 6.53. The van der Waals surface area contributed by atoms with Crippen LogP contribution in [0.3, 0.4) is 0 Å². The topological polar surface area (TPSA) is 63.7 Å². The summed E-state index contributed by atoms with van der Waals surface area (Å²) in [6, 6.07) is 0. The number of hydroxylamine groups is 2. The summed E-state index contributed by atoms with van der Waals surface area (Å²) in [5, 5.41) is 0.0219. The van der Waals surface area contributed by atoms with Gasteiger partial charge in [-0.25, -0.2) is 4.79 Å². The lowest BCUT2D eigenvalue weighted by Crippen LogP contribution is -2.35. The first-order valence-corrected chi connectivity index (χ1v) is 10.7. The Hall–Kier alpha value is -1.01. The molecule has 0 N–H and O–H groups in total. The molecular weight excluding hydrogens is 460 g/mol. The van der Waals surface area contributed by atoms with E-state index in [1.807, 2.05) is 0 Å². The lowest BCUT2D eigenvalue weighted by molar-refractivity contribution is -0.180. The lowest BCUT2D eigenvalue weighted by Gasteiger charge is -2.36. The molecule has 0 aromatic heterocycles. The van der Waals surface area contributed by atoms with Crippen molar-refractivity contribution in [2.45, 2.75) is 46.5 Å². The maximum atomic E-state index is 12.8. The van der Waals surface area contributed by atoms with E-state index in [1.165, 1.54) is 7.05 Å². The van der Waals surface area contributed by atoms with Crippen molar-refractivity contribution >= 4 is 64.6 Å². The number of halogens is 4. The van der Waals surface area contributed by atoms with Gasteiger partial charge in [0.15, 0.2) is 6.29 Å². The van der Waals surface area contributed by atoms with Crippen LogP contribution in [0.2, 0.25) is 20.1 Å². The minimum absolute atomic E-state index is 0.132. The van der Waals surface area contributed by atoms with Gasteiger partial charge in [0, 0.05) is 12.6 Å². The summed E-state index contributed by atoms with van der Waals surface area (Å²) in [5.41, 5.74) is -0.297. The maximum Gasteiger partial charge on any atom is 0.335 e. The molecule has 29 heavy (non-hydrogen) atoms. The number of benzene rings is 1. The Morgan fingerprint density at radius 3 is 1.97 bits per heavy atom. The summed E-state index contributed by atoms with van der Waals surface area (Å²) in [6.45, 7) is 6.58. The average Bonchev–Trinajstić information content (AvgIpc) is 2.67. The minimum atomic E-state index is -0.825. The molecule has 1 fully saturated rings. The van der Waals surface area contributed by atoms with Gasteiger partial charge in [0.2, 0.25) is 0 Å². The van der Waals surface area contributed by atoms with E-state index in [9.17, 15) is 14.4 Å². The van der Waals surface area contributed by atoms with E-state index in [-0.39, 0.29) is 42.6 Å². The molecule has 0 bridgehead atoms. The average molecular weight is 483 g/mol. The second kappa shape index (κ2) is 9.42. The van der Waals surface area contributed by atoms with Crippen LogP contribution in [0.1, 0.15) is 67.2 Å². The zero-order valence-corrected chi connectivity index (χ0v) is 19.7. The first-order valence-electron chi connectivity index (χ1n) is 9.21. The molecule has 1 aromatic carbocycles. The normalized spacial score (nSPS) is 19.6. The highest BCUT2D eigenvalue weighted by Crippen LogP contribution is 2.42. The zero-order valence-electron chi connectivity index (χ0n) is 16.7. The van der Waals surface area contributed by atoms with Crippen LogP contribution < -0.4 is 0 Å². The van der Waals surface area contributed by atoms with Crippen LogP contribution in [0.15, 0.2) is 0 Å². The fourth-order valence-corrected chi connectivity index (χ4v) is 4.56. The van der Waals surface area contributed by atoms with Gasteiger partial charge in [-0.2, -0.15) is 5.06 Å². The van der Waals surface area contributed by atoms with Crippen molar-refractivity contribution in [1.82, 2.24) is 5.06 Å². The number of nitrogens with zero attached hydrogens (tertiary/aromatic N) is 1. The predicted molar refractivity (Wildman–Crippen MR) is 115 cm³/mol. The molecule has 0 atom stereocenters. The maximum absolute atomic E-state index is 12.8. The molecule has 0 spiro atoms. The van der Waals surface area contributed by atoms with E-state index < -0.39 is 11.9 Å². The molecule has 0 saturated heterocycles. The van der Waals surface area contributed by atoms with Gasteiger partial charge in [-0.3, -0.25) is 9.59 Å². The number of carbonyl (C=O) groups is 3. The van der Waals surface area contributed by atoms with Crippen LogP contribution in [-0.2, 0) is 9.63 Å². The van der Waals surface area contributed by atoms with Gasteiger partial charge >= 0.3 is 5.97 Å². The van der Waals surface area contributed by atoms with E-state index in [0.717, 1.165) is 17.9 Å². The Morgan fingerprint density at radius 2 is 1.48 bits per heavy atom. The van der Waals surface area contributed by atoms with Crippen molar-refractivity contribution in [1.29, 1.82) is 0 Å². The molecule has 160 valence electrons. The summed E-state index contributed by atoms with van der Waals surface area (Å²) < 4.78 is 0. The van der Waals surface area contributed by atoms with Crippen LogP contribution in [0.25, 0.3) is 0 Å². The van der Waals surface area contributed by atoms with Gasteiger partial charge in [-0.1, -0.05) is 67.2 Å². The highest BCUT2D eigenvalue weighted by Gasteiger charge is 2.35. The van der Waals surface area contributed by atoms with Gasteiger partial charge in [0.05, 0.1) is 31.6 Å². The second-order valence-corrected chi connectivity index (χ2v) is 9.80. The molecule has 5 nitrogen and oxygen atoms in total. The van der Waals surface area contributed by atoms with E-state index in [2.05, 4.69) is 20.8 Å². The molecule has 1 aliphatic carbocycles. The van der Waals surface area contributed by atoms with E-state index >= 15 is 0 Å². The molecule has 1 aromatic rings. The largest absolute Gasteiger partial charge is 0.338 e. The lowest BCUT2D eigenvalue weighted by atomic mass is 9.70. The Labute approximate surface area is 190 Å². The molecule has 2 rings (SSSR count). The molecule has 1 aliphatic rings. The van der Waals surface area contributed by atoms with Crippen molar-refractivity contribution in [2.24, 2.45) is 17.3 Å². The highest BCUT2D eigenvalue weighted by atomic mass is 35.5. The van der Waals surface area contributed by atoms with E-state index in [1.54, 1.807) is 0 Å². The number of carbonyl (C=O) groups excluding carboxylic acids is 3. The first kappa shape index (κ1) is 24.3. The van der Waals surface area contributed by atoms with E-state index in [0.29, 0.717) is 25.0 Å². The Morgan fingerprint density at radius 1 is 0.966 bits per heavy atom. The summed E-state index contributed by atoms with van der Waals surface area (Å²) >= 11 is 24.1. The van der Waals surface area contributed by atoms with Gasteiger partial charge < -0.3 is 4.84 Å². The standard InChI is InChI=1S/C20H23Cl4NO4/c1-20(2,3)11-7-5-10(6-8-11)19(28)29-25(4)18(27)13-12(9-26)14(21)16(23)17(24)15(13)22/h9-11H,5-8H2,1-4H3. The molecule has 0 aliphatic heterocycles. The smallest absolute Gasteiger partial charge is 0.335 e. The summed E-state index contributed by atoms with van der Waals surface area (Å²) in [4.78, 5) is 42.0. The van der Waals surface area contributed by atoms with E-state index in [4.69, 9.17) is 51.2 Å². The van der Waals surface area contributed by atoms with Gasteiger partial charge in [0.1, 0.15) is 0 Å². The molecule has 0 radical (unpaired) electrons. The second-order valence-electron chi connectivity index (χ2n) is 8.29.